The molecular weight excluding hydrogens is 363 g/mol. The molecule has 0 radical (unpaired) electrons. The van der Waals surface area contributed by atoms with E-state index in [4.69, 9.17) is 0 Å². The number of fused-ring (bicyclic) bond motifs is 5. The fourth-order valence-corrected chi connectivity index (χ4v) is 7.26. The zero-order valence-electron chi connectivity index (χ0n) is 16.6. The third kappa shape index (κ3) is 2.01. The van der Waals surface area contributed by atoms with E-state index in [-0.39, 0.29) is 18.1 Å². The minimum atomic E-state index is -1.98. The Morgan fingerprint density at radius 3 is 2.64 bits per heavy atom. The van der Waals surface area contributed by atoms with Gasteiger partial charge in [0.05, 0.1) is 6.10 Å². The van der Waals surface area contributed by atoms with E-state index >= 15 is 4.39 Å². The van der Waals surface area contributed by atoms with E-state index in [9.17, 15) is 24.9 Å². The van der Waals surface area contributed by atoms with E-state index in [1.165, 1.54) is 12.2 Å². The number of halogens is 1. The van der Waals surface area contributed by atoms with Crippen LogP contribution in [-0.2, 0) is 9.59 Å². The fraction of sp³-hybridized carbons (Fsp3) is 0.727. The summed E-state index contributed by atoms with van der Waals surface area (Å²) in [5, 5.41) is 32.0. The third-order valence-corrected chi connectivity index (χ3v) is 8.79. The van der Waals surface area contributed by atoms with Crippen LogP contribution in [0.4, 0.5) is 4.39 Å². The lowest BCUT2D eigenvalue weighted by Crippen LogP contribution is -2.69. The van der Waals surface area contributed by atoms with E-state index < -0.39 is 52.4 Å². The molecule has 5 nitrogen and oxygen atoms in total. The van der Waals surface area contributed by atoms with Gasteiger partial charge in [0.2, 0.25) is 0 Å². The van der Waals surface area contributed by atoms with Gasteiger partial charge in [-0.3, -0.25) is 9.59 Å². The molecule has 0 aromatic carbocycles. The van der Waals surface area contributed by atoms with Gasteiger partial charge in [-0.15, -0.1) is 0 Å². The van der Waals surface area contributed by atoms with Crippen molar-refractivity contribution in [2.45, 2.75) is 63.8 Å². The van der Waals surface area contributed by atoms with Crippen LogP contribution >= 0.6 is 0 Å². The van der Waals surface area contributed by atoms with Crippen molar-refractivity contribution in [3.63, 3.8) is 0 Å². The van der Waals surface area contributed by atoms with Crippen molar-refractivity contribution < 1.29 is 29.3 Å². The molecule has 0 bridgehead atoms. The van der Waals surface area contributed by atoms with Crippen LogP contribution in [0.2, 0.25) is 0 Å². The first kappa shape index (κ1) is 19.9. The van der Waals surface area contributed by atoms with Gasteiger partial charge in [-0.25, -0.2) is 4.39 Å². The van der Waals surface area contributed by atoms with Crippen molar-refractivity contribution in [1.29, 1.82) is 0 Å². The number of hydrogen-bond donors (Lipinski definition) is 3. The van der Waals surface area contributed by atoms with Crippen LogP contribution in [0, 0.1) is 28.6 Å². The second-order valence-corrected chi connectivity index (χ2v) is 9.75. The molecule has 3 fully saturated rings. The number of allylic oxidation sites excluding steroid dienone is 4. The van der Waals surface area contributed by atoms with Crippen LogP contribution in [-0.4, -0.2) is 50.9 Å². The molecule has 154 valence electrons. The highest BCUT2D eigenvalue weighted by molar-refractivity contribution is 6.01. The van der Waals surface area contributed by atoms with Gasteiger partial charge in [-0.1, -0.05) is 25.5 Å². The lowest BCUT2D eigenvalue weighted by Gasteiger charge is -2.62. The molecule has 3 N–H and O–H groups in total. The standard InChI is InChI=1S/C22H29FO5/c1-12-8-16-15-5-4-13-9-14(25)6-7-19(13,2)21(15,23)17(26)10-20(16,3)22(12,28)18(27)11-24/h6-7,9,12,15-17,24,26,28H,4-5,8,10-11H2,1-3H3/t12-,15-,16-,17-,19-,20+,21-,22-/m0/s1. The Balaban J connectivity index is 1.84. The monoisotopic (exact) mass is 392 g/mol. The Hall–Kier alpha value is -1.37. The molecule has 6 heteroatoms. The van der Waals surface area contributed by atoms with Crippen LogP contribution in [0.5, 0.6) is 0 Å². The maximum Gasteiger partial charge on any atom is 0.190 e. The summed E-state index contributed by atoms with van der Waals surface area (Å²) >= 11 is 0. The van der Waals surface area contributed by atoms with Crippen molar-refractivity contribution in [3.8, 4) is 0 Å². The minimum Gasteiger partial charge on any atom is -0.390 e. The van der Waals surface area contributed by atoms with Crippen LogP contribution < -0.4 is 0 Å². The van der Waals surface area contributed by atoms with E-state index in [1.54, 1.807) is 26.8 Å². The first-order valence-electron chi connectivity index (χ1n) is 10.1. The maximum absolute atomic E-state index is 16.9. The number of Topliss-reactive ketones (excluding diaryl/α,β-unsaturated/α-hetero) is 1. The zero-order chi connectivity index (χ0) is 20.7. The van der Waals surface area contributed by atoms with Gasteiger partial charge in [0, 0.05) is 16.7 Å². The largest absolute Gasteiger partial charge is 0.390 e. The number of aliphatic hydroxyl groups is 3. The molecule has 0 amide bonds. The highest BCUT2D eigenvalue weighted by atomic mass is 19.1. The molecule has 3 saturated carbocycles. The third-order valence-electron chi connectivity index (χ3n) is 8.79. The van der Waals surface area contributed by atoms with Crippen molar-refractivity contribution in [2.75, 3.05) is 6.61 Å². The highest BCUT2D eigenvalue weighted by Crippen LogP contribution is 2.70. The van der Waals surface area contributed by atoms with Crippen LogP contribution in [0.1, 0.15) is 46.5 Å². The molecular formula is C22H29FO5. The van der Waals surface area contributed by atoms with Gasteiger partial charge < -0.3 is 15.3 Å². The van der Waals surface area contributed by atoms with Crippen molar-refractivity contribution >= 4 is 11.6 Å². The molecule has 0 heterocycles. The van der Waals surface area contributed by atoms with Crippen molar-refractivity contribution in [1.82, 2.24) is 0 Å². The molecule has 0 spiro atoms. The normalized spacial score (nSPS) is 52.5. The Morgan fingerprint density at radius 1 is 1.32 bits per heavy atom. The highest BCUT2D eigenvalue weighted by Gasteiger charge is 2.75. The molecule has 8 atom stereocenters. The topological polar surface area (TPSA) is 94.8 Å². The molecule has 28 heavy (non-hydrogen) atoms. The van der Waals surface area contributed by atoms with Gasteiger partial charge >= 0.3 is 0 Å². The summed E-state index contributed by atoms with van der Waals surface area (Å²) in [4.78, 5) is 24.4. The minimum absolute atomic E-state index is 0.0676. The summed E-state index contributed by atoms with van der Waals surface area (Å²) in [5.74, 6) is -2.12. The molecule has 4 rings (SSSR count). The van der Waals surface area contributed by atoms with Crippen molar-refractivity contribution in [2.24, 2.45) is 28.6 Å². The summed E-state index contributed by atoms with van der Waals surface area (Å²) in [5.41, 5.74) is -5.17. The molecule has 4 aliphatic carbocycles. The summed E-state index contributed by atoms with van der Waals surface area (Å²) in [6, 6.07) is 0. The van der Waals surface area contributed by atoms with Gasteiger partial charge in [-0.2, -0.15) is 0 Å². The first-order chi connectivity index (χ1) is 13.0. The SMILES string of the molecule is C[C@H]1C[C@H]2[C@@H]3CCC4=CC(=O)C=C[C@]4(C)[C@@]3(F)[C@@H](O)C[C@@]2(C)[C@@]1(O)C(=O)CO. The Morgan fingerprint density at radius 2 is 2.00 bits per heavy atom. The lowest BCUT2D eigenvalue weighted by atomic mass is 9.44. The molecule has 0 unspecified atom stereocenters. The number of aliphatic hydroxyl groups excluding tert-OH is 2. The van der Waals surface area contributed by atoms with E-state index in [0.29, 0.717) is 24.8 Å². The molecule has 0 aromatic rings. The second-order valence-electron chi connectivity index (χ2n) is 9.75. The zero-order valence-corrected chi connectivity index (χ0v) is 16.6. The van der Waals surface area contributed by atoms with Gasteiger partial charge in [-0.05, 0) is 56.6 Å². The van der Waals surface area contributed by atoms with E-state index in [1.807, 2.05) is 0 Å². The molecule has 0 saturated heterocycles. The van der Waals surface area contributed by atoms with E-state index in [2.05, 4.69) is 0 Å². The van der Waals surface area contributed by atoms with Gasteiger partial charge in [0.15, 0.2) is 17.2 Å². The van der Waals surface area contributed by atoms with Crippen LogP contribution in [0.25, 0.3) is 0 Å². The van der Waals surface area contributed by atoms with Crippen molar-refractivity contribution in [3.05, 3.63) is 23.8 Å². The quantitative estimate of drug-likeness (QED) is 0.667. The summed E-state index contributed by atoms with van der Waals surface area (Å²) in [6.45, 7) is 4.48. The summed E-state index contributed by atoms with van der Waals surface area (Å²) in [6.07, 6.45) is 4.44. The Labute approximate surface area is 164 Å². The smallest absolute Gasteiger partial charge is 0.190 e. The van der Waals surface area contributed by atoms with E-state index in [0.717, 1.165) is 0 Å². The number of carbonyl (C=O) groups is 2. The fourth-order valence-electron chi connectivity index (χ4n) is 7.26. The average Bonchev–Trinajstić information content (AvgIpc) is 2.84. The maximum atomic E-state index is 16.9. The van der Waals surface area contributed by atoms with Crippen LogP contribution in [0.3, 0.4) is 0 Å². The Kier molecular flexibility index (Phi) is 4.15. The summed E-state index contributed by atoms with van der Waals surface area (Å²) in [7, 11) is 0. The first-order valence-corrected chi connectivity index (χ1v) is 10.1. The second kappa shape index (κ2) is 5.83. The molecule has 0 aliphatic heterocycles. The Bertz CT molecular complexity index is 805. The number of alkyl halides is 1. The van der Waals surface area contributed by atoms with Crippen LogP contribution in [0.15, 0.2) is 23.8 Å². The molecule has 4 aliphatic rings. The van der Waals surface area contributed by atoms with Gasteiger partial charge in [0.25, 0.3) is 0 Å². The van der Waals surface area contributed by atoms with Gasteiger partial charge in [0.1, 0.15) is 12.2 Å². The molecule has 0 aromatic heterocycles. The number of ketones is 2. The predicted molar refractivity (Wildman–Crippen MR) is 99.9 cm³/mol. The number of rotatable bonds is 2. The number of carbonyl (C=O) groups excluding carboxylic acids is 2. The summed E-state index contributed by atoms with van der Waals surface area (Å²) < 4.78 is 16.9. The lowest BCUT2D eigenvalue weighted by molar-refractivity contribution is -0.219. The predicted octanol–water partition coefficient (Wildman–Crippen LogP) is 1.90. The average molecular weight is 392 g/mol. The number of hydrogen-bond acceptors (Lipinski definition) is 5.